The zero-order valence-electron chi connectivity index (χ0n) is 11.0. The van der Waals surface area contributed by atoms with Crippen molar-refractivity contribution >= 4 is 17.5 Å². The summed E-state index contributed by atoms with van der Waals surface area (Å²) in [4.78, 5) is 26.4. The number of imide groups is 1. The van der Waals surface area contributed by atoms with E-state index >= 15 is 0 Å². The molecule has 19 heavy (non-hydrogen) atoms. The highest BCUT2D eigenvalue weighted by atomic mass is 16.2. The molecule has 1 saturated heterocycles. The molecule has 1 aliphatic carbocycles. The van der Waals surface area contributed by atoms with E-state index in [1.54, 1.807) is 0 Å². The largest absolute Gasteiger partial charge is 0.274 e. The molecule has 0 aromatic heterocycles. The van der Waals surface area contributed by atoms with E-state index in [4.69, 9.17) is 0 Å². The number of carbonyl (C=O) groups excluding carboxylic acids is 2. The Morgan fingerprint density at radius 3 is 2.21 bits per heavy atom. The fourth-order valence-electron chi connectivity index (χ4n) is 3.07. The fourth-order valence-corrected chi connectivity index (χ4v) is 3.07. The number of anilines is 1. The van der Waals surface area contributed by atoms with Crippen LogP contribution in [0.4, 0.5) is 5.69 Å². The average molecular weight is 255 g/mol. The lowest BCUT2D eigenvalue weighted by Gasteiger charge is -2.18. The molecule has 0 bridgehead atoms. The van der Waals surface area contributed by atoms with Crippen molar-refractivity contribution in [3.8, 4) is 0 Å². The molecule has 3 rings (SSSR count). The molecule has 0 saturated carbocycles. The lowest BCUT2D eigenvalue weighted by molar-refractivity contribution is -0.122. The van der Waals surface area contributed by atoms with Crippen LogP contribution in [0, 0.1) is 11.8 Å². The van der Waals surface area contributed by atoms with Crippen LogP contribution in [0.25, 0.3) is 0 Å². The molecule has 1 fully saturated rings. The number of benzene rings is 1. The van der Waals surface area contributed by atoms with Gasteiger partial charge in [-0.15, -0.1) is 0 Å². The number of aryl methyl sites for hydroxylation is 1. The van der Waals surface area contributed by atoms with Gasteiger partial charge in [-0.05, 0) is 30.9 Å². The van der Waals surface area contributed by atoms with Gasteiger partial charge in [0.2, 0.25) is 11.8 Å². The molecule has 3 heteroatoms. The van der Waals surface area contributed by atoms with Crippen LogP contribution in [-0.4, -0.2) is 11.8 Å². The molecule has 2 atom stereocenters. The van der Waals surface area contributed by atoms with Gasteiger partial charge >= 0.3 is 0 Å². The smallest absolute Gasteiger partial charge is 0.238 e. The van der Waals surface area contributed by atoms with Crippen LogP contribution in [0.5, 0.6) is 0 Å². The molecule has 98 valence electrons. The molecule has 0 radical (unpaired) electrons. The number of rotatable bonds is 2. The first-order valence-electron chi connectivity index (χ1n) is 6.84. The number of carbonyl (C=O) groups is 2. The summed E-state index contributed by atoms with van der Waals surface area (Å²) in [5.41, 5.74) is 1.82. The summed E-state index contributed by atoms with van der Waals surface area (Å²) in [6.07, 6.45) is 6.24. The van der Waals surface area contributed by atoms with Crippen molar-refractivity contribution in [2.75, 3.05) is 4.90 Å². The number of nitrogens with zero attached hydrogens (tertiary/aromatic N) is 1. The van der Waals surface area contributed by atoms with E-state index in [1.807, 2.05) is 43.3 Å². The summed E-state index contributed by atoms with van der Waals surface area (Å²) in [5.74, 6) is -0.356. The normalized spacial score (nSPS) is 25.8. The molecule has 0 spiro atoms. The Hall–Kier alpha value is -1.90. The molecule has 2 aliphatic rings. The topological polar surface area (TPSA) is 37.4 Å². The second kappa shape index (κ2) is 4.65. The number of amides is 2. The van der Waals surface area contributed by atoms with Gasteiger partial charge in [0.15, 0.2) is 0 Å². The van der Waals surface area contributed by atoms with Gasteiger partial charge < -0.3 is 0 Å². The third-order valence-corrected chi connectivity index (χ3v) is 4.12. The van der Waals surface area contributed by atoms with Crippen molar-refractivity contribution in [2.45, 2.75) is 26.2 Å². The molecule has 3 nitrogen and oxygen atoms in total. The third-order valence-electron chi connectivity index (χ3n) is 4.12. The summed E-state index contributed by atoms with van der Waals surface area (Å²) < 4.78 is 0. The van der Waals surface area contributed by atoms with E-state index in [0.29, 0.717) is 12.8 Å². The number of allylic oxidation sites excluding steroid dienone is 2. The second-order valence-corrected chi connectivity index (χ2v) is 5.15. The average Bonchev–Trinajstić information content (AvgIpc) is 2.71. The summed E-state index contributed by atoms with van der Waals surface area (Å²) in [6.45, 7) is 2.04. The number of hydrogen-bond acceptors (Lipinski definition) is 2. The van der Waals surface area contributed by atoms with Gasteiger partial charge in [0.25, 0.3) is 0 Å². The van der Waals surface area contributed by atoms with E-state index in [1.165, 1.54) is 4.90 Å². The molecule has 1 aromatic carbocycles. The number of para-hydroxylation sites is 1. The lowest BCUT2D eigenvalue weighted by atomic mass is 9.85. The first-order valence-corrected chi connectivity index (χ1v) is 6.84. The van der Waals surface area contributed by atoms with Crippen LogP contribution in [0.15, 0.2) is 36.4 Å². The predicted molar refractivity (Wildman–Crippen MR) is 73.7 cm³/mol. The summed E-state index contributed by atoms with van der Waals surface area (Å²) in [6, 6.07) is 7.69. The number of fused-ring (bicyclic) bond motifs is 1. The van der Waals surface area contributed by atoms with Gasteiger partial charge in [-0.1, -0.05) is 37.3 Å². The summed E-state index contributed by atoms with van der Waals surface area (Å²) in [5, 5.41) is 0. The highest BCUT2D eigenvalue weighted by molar-refractivity contribution is 6.22. The summed E-state index contributed by atoms with van der Waals surface area (Å²) in [7, 11) is 0. The van der Waals surface area contributed by atoms with E-state index in [2.05, 4.69) is 0 Å². The van der Waals surface area contributed by atoms with Crippen LogP contribution < -0.4 is 4.90 Å². The Morgan fingerprint density at radius 2 is 1.63 bits per heavy atom. The second-order valence-electron chi connectivity index (χ2n) is 5.15. The van der Waals surface area contributed by atoms with Crippen molar-refractivity contribution in [1.29, 1.82) is 0 Å². The standard InChI is InChI=1S/C16H17NO2/c1-2-11-7-3-6-10-14(11)17-15(18)12-8-4-5-9-13(12)16(17)19/h3-7,10,12-13H,2,8-9H2,1H3/t12-,13-/m0/s1. The first-order chi connectivity index (χ1) is 9.24. The van der Waals surface area contributed by atoms with E-state index < -0.39 is 0 Å². The van der Waals surface area contributed by atoms with Gasteiger partial charge in [0.05, 0.1) is 17.5 Å². The fraction of sp³-hybridized carbons (Fsp3) is 0.375. The predicted octanol–water partition coefficient (Wildman–Crippen LogP) is 2.70. The van der Waals surface area contributed by atoms with Crippen LogP contribution in [0.2, 0.25) is 0 Å². The maximum absolute atomic E-state index is 12.5. The van der Waals surface area contributed by atoms with Crippen LogP contribution in [0.1, 0.15) is 25.3 Å². The van der Waals surface area contributed by atoms with Crippen molar-refractivity contribution < 1.29 is 9.59 Å². The van der Waals surface area contributed by atoms with Crippen LogP contribution in [0.3, 0.4) is 0 Å². The Labute approximate surface area is 112 Å². The monoisotopic (exact) mass is 255 g/mol. The minimum atomic E-state index is -0.151. The zero-order valence-corrected chi connectivity index (χ0v) is 11.0. The Morgan fingerprint density at radius 1 is 1.05 bits per heavy atom. The minimum Gasteiger partial charge on any atom is -0.274 e. The minimum absolute atomic E-state index is 0.0275. The van der Waals surface area contributed by atoms with Crippen molar-refractivity contribution in [3.63, 3.8) is 0 Å². The van der Waals surface area contributed by atoms with Crippen molar-refractivity contribution in [2.24, 2.45) is 11.8 Å². The highest BCUT2D eigenvalue weighted by Gasteiger charge is 2.48. The van der Waals surface area contributed by atoms with E-state index in [-0.39, 0.29) is 23.7 Å². The van der Waals surface area contributed by atoms with Crippen molar-refractivity contribution in [3.05, 3.63) is 42.0 Å². The lowest BCUT2D eigenvalue weighted by Crippen LogP contribution is -2.31. The molecular formula is C16H17NO2. The zero-order chi connectivity index (χ0) is 13.4. The Kier molecular flexibility index (Phi) is 2.97. The van der Waals surface area contributed by atoms with E-state index in [9.17, 15) is 9.59 Å². The molecule has 0 unspecified atom stereocenters. The maximum Gasteiger partial charge on any atom is 0.238 e. The Balaban J connectivity index is 2.02. The van der Waals surface area contributed by atoms with Gasteiger partial charge in [0.1, 0.15) is 0 Å². The van der Waals surface area contributed by atoms with Gasteiger partial charge in [-0.2, -0.15) is 0 Å². The molecular weight excluding hydrogens is 238 g/mol. The van der Waals surface area contributed by atoms with Gasteiger partial charge in [-0.3, -0.25) is 9.59 Å². The molecule has 2 amide bonds. The summed E-state index contributed by atoms with van der Waals surface area (Å²) >= 11 is 0. The molecule has 0 N–H and O–H groups in total. The van der Waals surface area contributed by atoms with E-state index in [0.717, 1.165) is 17.7 Å². The van der Waals surface area contributed by atoms with Gasteiger partial charge in [0, 0.05) is 0 Å². The van der Waals surface area contributed by atoms with Crippen molar-refractivity contribution in [1.82, 2.24) is 0 Å². The highest BCUT2D eigenvalue weighted by Crippen LogP contribution is 2.38. The van der Waals surface area contributed by atoms with Gasteiger partial charge in [-0.25, -0.2) is 4.90 Å². The SMILES string of the molecule is CCc1ccccc1N1C(=O)[C@H]2CC=CC[C@@H]2C1=O. The quantitative estimate of drug-likeness (QED) is 0.602. The van der Waals surface area contributed by atoms with Crippen LogP contribution >= 0.6 is 0 Å². The third kappa shape index (κ3) is 1.81. The number of hydrogen-bond donors (Lipinski definition) is 0. The maximum atomic E-state index is 12.5. The molecule has 1 heterocycles. The van der Waals surface area contributed by atoms with Crippen LogP contribution in [-0.2, 0) is 16.0 Å². The molecule has 1 aliphatic heterocycles. The first kappa shape index (κ1) is 12.2. The molecule has 1 aromatic rings. The Bertz CT molecular complexity index is 536.